The van der Waals surface area contributed by atoms with Crippen LogP contribution in [0.25, 0.3) is 0 Å². The van der Waals surface area contributed by atoms with E-state index in [9.17, 15) is 18.0 Å². The third-order valence-electron chi connectivity index (χ3n) is 3.08. The van der Waals surface area contributed by atoms with E-state index in [1.807, 2.05) is 0 Å². The van der Waals surface area contributed by atoms with E-state index < -0.39 is 16.0 Å². The molecule has 0 radical (unpaired) electrons. The molecule has 0 atom stereocenters. The van der Waals surface area contributed by atoms with Crippen LogP contribution in [0.2, 0.25) is 0 Å². The molecule has 0 aromatic heterocycles. The number of aliphatic carboxylic acids is 1. The summed E-state index contributed by atoms with van der Waals surface area (Å²) in [5, 5.41) is 11.4. The first-order valence-electron chi connectivity index (χ1n) is 6.46. The highest BCUT2D eigenvalue weighted by molar-refractivity contribution is 7.88. The van der Waals surface area contributed by atoms with E-state index in [4.69, 9.17) is 5.11 Å². The molecule has 20 heavy (non-hydrogen) atoms. The highest BCUT2D eigenvalue weighted by Gasteiger charge is 2.25. The monoisotopic (exact) mass is 307 g/mol. The summed E-state index contributed by atoms with van der Waals surface area (Å²) < 4.78 is 24.0. The van der Waals surface area contributed by atoms with E-state index in [1.54, 1.807) is 4.90 Å². The van der Waals surface area contributed by atoms with Crippen molar-refractivity contribution < 1.29 is 23.1 Å². The fourth-order valence-electron chi connectivity index (χ4n) is 1.94. The average molecular weight is 307 g/mol. The van der Waals surface area contributed by atoms with E-state index in [-0.39, 0.29) is 18.9 Å². The number of carbonyl (C=O) groups is 2. The van der Waals surface area contributed by atoms with Crippen LogP contribution in [0.4, 0.5) is 0 Å². The Hall–Kier alpha value is -1.19. The molecule has 1 rings (SSSR count). The average Bonchev–Trinajstić information content (AvgIpc) is 2.37. The molecule has 1 heterocycles. The van der Waals surface area contributed by atoms with Gasteiger partial charge in [0.15, 0.2) is 0 Å². The lowest BCUT2D eigenvalue weighted by Gasteiger charge is -2.33. The van der Waals surface area contributed by atoms with Crippen molar-refractivity contribution >= 4 is 21.9 Å². The summed E-state index contributed by atoms with van der Waals surface area (Å²) in [4.78, 5) is 23.7. The molecule has 1 aliphatic heterocycles. The van der Waals surface area contributed by atoms with Crippen LogP contribution in [-0.2, 0) is 19.6 Å². The molecule has 1 amide bonds. The Morgan fingerprint density at radius 3 is 2.30 bits per heavy atom. The van der Waals surface area contributed by atoms with E-state index in [1.165, 1.54) is 4.31 Å². The SMILES string of the molecule is CS(=O)(=O)N1CCN(C(=O)CNCCCC(=O)O)CC1. The van der Waals surface area contributed by atoms with Gasteiger partial charge in [-0.15, -0.1) is 0 Å². The number of nitrogens with zero attached hydrogens (tertiary/aromatic N) is 2. The number of piperazine rings is 1. The molecule has 2 N–H and O–H groups in total. The van der Waals surface area contributed by atoms with Crippen LogP contribution in [0.15, 0.2) is 0 Å². The van der Waals surface area contributed by atoms with Gasteiger partial charge in [-0.3, -0.25) is 9.59 Å². The molecular formula is C11H21N3O5S. The van der Waals surface area contributed by atoms with Crippen molar-refractivity contribution in [2.24, 2.45) is 0 Å². The van der Waals surface area contributed by atoms with Gasteiger partial charge in [0.25, 0.3) is 0 Å². The van der Waals surface area contributed by atoms with Crippen LogP contribution >= 0.6 is 0 Å². The van der Waals surface area contributed by atoms with E-state index in [0.29, 0.717) is 39.1 Å². The zero-order chi connectivity index (χ0) is 15.2. The maximum Gasteiger partial charge on any atom is 0.303 e. The van der Waals surface area contributed by atoms with Crippen LogP contribution in [0.5, 0.6) is 0 Å². The molecule has 1 aliphatic rings. The second-order valence-corrected chi connectivity index (χ2v) is 6.70. The first-order valence-corrected chi connectivity index (χ1v) is 8.31. The largest absolute Gasteiger partial charge is 0.481 e. The minimum absolute atomic E-state index is 0.0776. The summed E-state index contributed by atoms with van der Waals surface area (Å²) >= 11 is 0. The number of carboxylic acid groups (broad SMARTS) is 1. The molecule has 9 heteroatoms. The maximum atomic E-state index is 11.8. The predicted molar refractivity (Wildman–Crippen MR) is 72.7 cm³/mol. The lowest BCUT2D eigenvalue weighted by molar-refractivity contribution is -0.137. The highest BCUT2D eigenvalue weighted by atomic mass is 32.2. The summed E-state index contributed by atoms with van der Waals surface area (Å²) in [7, 11) is -3.18. The smallest absolute Gasteiger partial charge is 0.303 e. The second-order valence-electron chi connectivity index (χ2n) is 4.72. The molecule has 1 saturated heterocycles. The molecule has 0 unspecified atom stereocenters. The van der Waals surface area contributed by atoms with E-state index >= 15 is 0 Å². The Morgan fingerprint density at radius 2 is 1.80 bits per heavy atom. The Kier molecular flexibility index (Phi) is 6.37. The molecule has 0 bridgehead atoms. The predicted octanol–water partition coefficient (Wildman–Crippen LogP) is -1.46. The Bertz CT molecular complexity index is 443. The first-order chi connectivity index (χ1) is 9.30. The molecule has 0 aromatic rings. The van der Waals surface area contributed by atoms with Crippen LogP contribution in [0, 0.1) is 0 Å². The lowest BCUT2D eigenvalue weighted by Crippen LogP contribution is -2.52. The van der Waals surface area contributed by atoms with Gasteiger partial charge in [0.2, 0.25) is 15.9 Å². The Labute approximate surface area is 118 Å². The molecule has 1 fully saturated rings. The fourth-order valence-corrected chi connectivity index (χ4v) is 2.77. The zero-order valence-corrected chi connectivity index (χ0v) is 12.4. The standard InChI is InChI=1S/C11H21N3O5S/c1-20(18,19)14-7-5-13(6-8-14)10(15)9-12-4-2-3-11(16)17/h12H,2-9H2,1H3,(H,16,17). The Morgan fingerprint density at radius 1 is 1.20 bits per heavy atom. The van der Waals surface area contributed by atoms with Crippen LogP contribution in [0.1, 0.15) is 12.8 Å². The van der Waals surface area contributed by atoms with Gasteiger partial charge in [0.05, 0.1) is 12.8 Å². The number of sulfonamides is 1. The van der Waals surface area contributed by atoms with Crippen molar-refractivity contribution in [1.29, 1.82) is 0 Å². The van der Waals surface area contributed by atoms with Crippen LogP contribution < -0.4 is 5.32 Å². The summed E-state index contributed by atoms with van der Waals surface area (Å²) in [5.74, 6) is -0.941. The molecule has 0 saturated carbocycles. The number of carbonyl (C=O) groups excluding carboxylic acids is 1. The Balaban J connectivity index is 2.21. The molecule has 0 aromatic carbocycles. The molecular weight excluding hydrogens is 286 g/mol. The third kappa shape index (κ3) is 5.85. The van der Waals surface area contributed by atoms with Crippen LogP contribution in [0.3, 0.4) is 0 Å². The minimum atomic E-state index is -3.18. The minimum Gasteiger partial charge on any atom is -0.481 e. The summed E-state index contributed by atoms with van der Waals surface area (Å²) in [6.45, 7) is 2.05. The second kappa shape index (κ2) is 7.55. The number of hydrogen-bond donors (Lipinski definition) is 2. The van der Waals surface area contributed by atoms with Crippen molar-refractivity contribution in [3.63, 3.8) is 0 Å². The normalized spacial score (nSPS) is 17.1. The number of hydrogen-bond acceptors (Lipinski definition) is 5. The van der Waals surface area contributed by atoms with Crippen molar-refractivity contribution in [1.82, 2.24) is 14.5 Å². The van der Waals surface area contributed by atoms with Gasteiger partial charge in [-0.1, -0.05) is 0 Å². The van der Waals surface area contributed by atoms with Crippen molar-refractivity contribution in [2.45, 2.75) is 12.8 Å². The number of nitrogens with one attached hydrogen (secondary N) is 1. The molecule has 116 valence electrons. The first kappa shape index (κ1) is 16.9. The van der Waals surface area contributed by atoms with Gasteiger partial charge < -0.3 is 15.3 Å². The van der Waals surface area contributed by atoms with Crippen molar-refractivity contribution in [2.75, 3.05) is 45.5 Å². The number of rotatable bonds is 7. The lowest BCUT2D eigenvalue weighted by atomic mass is 10.3. The van der Waals surface area contributed by atoms with Gasteiger partial charge in [-0.2, -0.15) is 4.31 Å². The molecule has 0 spiro atoms. The third-order valence-corrected chi connectivity index (χ3v) is 4.38. The quantitative estimate of drug-likeness (QED) is 0.557. The fraction of sp³-hybridized carbons (Fsp3) is 0.818. The van der Waals surface area contributed by atoms with Gasteiger partial charge in [-0.25, -0.2) is 8.42 Å². The summed E-state index contributed by atoms with van der Waals surface area (Å²) in [6.07, 6.45) is 1.72. The van der Waals surface area contributed by atoms with Gasteiger partial charge in [0.1, 0.15) is 0 Å². The summed E-state index contributed by atoms with van der Waals surface area (Å²) in [5.41, 5.74) is 0. The van der Waals surface area contributed by atoms with E-state index in [0.717, 1.165) is 6.26 Å². The van der Waals surface area contributed by atoms with Gasteiger partial charge in [0, 0.05) is 32.6 Å². The number of carboxylic acids is 1. The molecule has 8 nitrogen and oxygen atoms in total. The zero-order valence-electron chi connectivity index (χ0n) is 11.5. The summed E-state index contributed by atoms with van der Waals surface area (Å²) in [6, 6.07) is 0. The number of amides is 1. The van der Waals surface area contributed by atoms with Crippen molar-refractivity contribution in [3.8, 4) is 0 Å². The van der Waals surface area contributed by atoms with Gasteiger partial charge in [-0.05, 0) is 13.0 Å². The maximum absolute atomic E-state index is 11.8. The van der Waals surface area contributed by atoms with Gasteiger partial charge >= 0.3 is 5.97 Å². The highest BCUT2D eigenvalue weighted by Crippen LogP contribution is 2.05. The topological polar surface area (TPSA) is 107 Å². The van der Waals surface area contributed by atoms with Crippen LogP contribution in [-0.4, -0.2) is 80.1 Å². The van der Waals surface area contributed by atoms with E-state index in [2.05, 4.69) is 5.32 Å². The van der Waals surface area contributed by atoms with Crippen molar-refractivity contribution in [3.05, 3.63) is 0 Å². The molecule has 0 aliphatic carbocycles.